The minimum Gasteiger partial charge on any atom is -0.465 e. The number of rotatable bonds is 8. The van der Waals surface area contributed by atoms with E-state index in [4.69, 9.17) is 10.7 Å². The number of carboxylic acid groups (broad SMARTS) is 1. The number of benzene rings is 2. The summed E-state index contributed by atoms with van der Waals surface area (Å²) in [5.74, 6) is 0.0323. The Morgan fingerprint density at radius 3 is 2.45 bits per heavy atom. The molecule has 3 rings (SSSR count). The van der Waals surface area contributed by atoms with Gasteiger partial charge in [-0.15, -0.1) is 0 Å². The third-order valence-electron chi connectivity index (χ3n) is 5.25. The molecule has 0 fully saturated rings. The normalized spacial score (nSPS) is 11.1. The standard InChI is InChI=1S/C25H29N3O3/c1-15(2)12-22-20(14-27-25(30)31)24(18-8-4-16(3)5-9-18)19-13-17(7-11-23(26)29)6-10-21(19)28-22/h4-6,8-10,13,15,27H,7,11-12,14H2,1-3H3,(H2,26,29)(H,30,31). The molecule has 0 saturated carbocycles. The molecule has 0 bridgehead atoms. The van der Waals surface area contributed by atoms with Gasteiger partial charge in [-0.05, 0) is 54.5 Å². The van der Waals surface area contributed by atoms with E-state index in [9.17, 15) is 14.7 Å². The molecule has 2 amide bonds. The summed E-state index contributed by atoms with van der Waals surface area (Å²) in [5.41, 5.74) is 12.1. The number of nitrogens with two attached hydrogens (primary N) is 1. The second-order valence-corrected chi connectivity index (χ2v) is 8.35. The second-order valence-electron chi connectivity index (χ2n) is 8.35. The fourth-order valence-corrected chi connectivity index (χ4v) is 3.78. The highest BCUT2D eigenvalue weighted by atomic mass is 16.4. The van der Waals surface area contributed by atoms with Crippen LogP contribution in [0.3, 0.4) is 0 Å². The van der Waals surface area contributed by atoms with Crippen molar-refractivity contribution in [2.24, 2.45) is 11.7 Å². The molecule has 0 spiro atoms. The summed E-state index contributed by atoms with van der Waals surface area (Å²) >= 11 is 0. The summed E-state index contributed by atoms with van der Waals surface area (Å²) in [5, 5.41) is 12.7. The van der Waals surface area contributed by atoms with Crippen LogP contribution >= 0.6 is 0 Å². The van der Waals surface area contributed by atoms with E-state index in [0.717, 1.165) is 50.8 Å². The molecule has 4 N–H and O–H groups in total. The van der Waals surface area contributed by atoms with Crippen molar-refractivity contribution in [2.75, 3.05) is 0 Å². The molecule has 0 saturated heterocycles. The van der Waals surface area contributed by atoms with Crippen molar-refractivity contribution in [3.8, 4) is 11.1 Å². The Hall–Kier alpha value is -3.41. The first-order valence-electron chi connectivity index (χ1n) is 10.5. The minimum absolute atomic E-state index is 0.176. The third kappa shape index (κ3) is 5.60. The molecule has 0 aliphatic rings. The number of aryl methyl sites for hydroxylation is 2. The second kappa shape index (κ2) is 9.60. The van der Waals surface area contributed by atoms with Crippen molar-refractivity contribution in [3.63, 3.8) is 0 Å². The van der Waals surface area contributed by atoms with Crippen molar-refractivity contribution in [1.82, 2.24) is 10.3 Å². The smallest absolute Gasteiger partial charge is 0.404 e. The number of carbonyl (C=O) groups is 2. The summed E-state index contributed by atoms with van der Waals surface area (Å²) < 4.78 is 0. The Balaban J connectivity index is 2.28. The number of amides is 2. The first-order valence-corrected chi connectivity index (χ1v) is 10.5. The molecule has 1 heterocycles. The Labute approximate surface area is 182 Å². The van der Waals surface area contributed by atoms with Crippen molar-refractivity contribution in [2.45, 2.75) is 46.6 Å². The fourth-order valence-electron chi connectivity index (χ4n) is 3.78. The number of hydrogen-bond donors (Lipinski definition) is 3. The number of aromatic nitrogens is 1. The van der Waals surface area contributed by atoms with E-state index < -0.39 is 6.09 Å². The summed E-state index contributed by atoms with van der Waals surface area (Å²) in [6.07, 6.45) is 0.502. The van der Waals surface area contributed by atoms with Gasteiger partial charge in [-0.1, -0.05) is 49.7 Å². The monoisotopic (exact) mass is 419 g/mol. The van der Waals surface area contributed by atoms with Gasteiger partial charge in [0.1, 0.15) is 0 Å². The molecule has 0 unspecified atom stereocenters. The van der Waals surface area contributed by atoms with E-state index >= 15 is 0 Å². The van der Waals surface area contributed by atoms with Crippen LogP contribution in [0.25, 0.3) is 22.0 Å². The molecule has 2 aromatic carbocycles. The Morgan fingerprint density at radius 2 is 1.84 bits per heavy atom. The molecule has 1 aromatic heterocycles. The lowest BCUT2D eigenvalue weighted by molar-refractivity contribution is -0.117. The van der Waals surface area contributed by atoms with E-state index in [1.807, 2.05) is 25.1 Å². The van der Waals surface area contributed by atoms with E-state index in [1.165, 1.54) is 0 Å². The summed E-state index contributed by atoms with van der Waals surface area (Å²) in [6.45, 7) is 6.46. The first kappa shape index (κ1) is 22.3. The Bertz CT molecular complexity index is 1110. The zero-order chi connectivity index (χ0) is 22.5. The number of carbonyl (C=O) groups excluding carboxylic acids is 1. The topological polar surface area (TPSA) is 105 Å². The zero-order valence-electron chi connectivity index (χ0n) is 18.2. The highest BCUT2D eigenvalue weighted by Gasteiger charge is 2.18. The van der Waals surface area contributed by atoms with Gasteiger partial charge in [0.15, 0.2) is 0 Å². The lowest BCUT2D eigenvalue weighted by Crippen LogP contribution is -2.22. The van der Waals surface area contributed by atoms with Crippen LogP contribution in [0.15, 0.2) is 42.5 Å². The molecular weight excluding hydrogens is 390 g/mol. The van der Waals surface area contributed by atoms with E-state index in [2.05, 4.69) is 43.4 Å². The quantitative estimate of drug-likeness (QED) is 0.496. The van der Waals surface area contributed by atoms with Crippen LogP contribution < -0.4 is 11.1 Å². The molecule has 0 aliphatic heterocycles. The largest absolute Gasteiger partial charge is 0.465 e. The summed E-state index contributed by atoms with van der Waals surface area (Å²) in [6, 6.07) is 14.2. The third-order valence-corrected chi connectivity index (χ3v) is 5.25. The number of nitrogens with zero attached hydrogens (tertiary/aromatic N) is 1. The van der Waals surface area contributed by atoms with E-state index in [0.29, 0.717) is 12.3 Å². The number of primary amides is 1. The molecule has 31 heavy (non-hydrogen) atoms. The molecule has 0 radical (unpaired) electrons. The van der Waals surface area contributed by atoms with Gasteiger partial charge in [0, 0.05) is 29.6 Å². The van der Waals surface area contributed by atoms with Crippen LogP contribution in [0.5, 0.6) is 0 Å². The fraction of sp³-hybridized carbons (Fsp3) is 0.320. The van der Waals surface area contributed by atoms with Gasteiger partial charge < -0.3 is 16.2 Å². The molecule has 0 aliphatic carbocycles. The van der Waals surface area contributed by atoms with E-state index in [1.54, 1.807) is 0 Å². The highest BCUT2D eigenvalue weighted by Crippen LogP contribution is 2.35. The van der Waals surface area contributed by atoms with Gasteiger partial charge in [0.2, 0.25) is 5.91 Å². The maximum absolute atomic E-state index is 11.3. The van der Waals surface area contributed by atoms with Crippen molar-refractivity contribution >= 4 is 22.9 Å². The Kier molecular flexibility index (Phi) is 6.90. The SMILES string of the molecule is Cc1ccc(-c2c(CNC(=O)O)c(CC(C)C)nc3ccc(CCC(N)=O)cc23)cc1. The average molecular weight is 420 g/mol. The highest BCUT2D eigenvalue weighted by molar-refractivity contribution is 5.97. The number of nitrogens with one attached hydrogen (secondary N) is 1. The van der Waals surface area contributed by atoms with Crippen LogP contribution in [-0.4, -0.2) is 22.1 Å². The van der Waals surface area contributed by atoms with Gasteiger partial charge in [-0.3, -0.25) is 9.78 Å². The first-order chi connectivity index (χ1) is 14.7. The number of pyridine rings is 1. The van der Waals surface area contributed by atoms with Gasteiger partial charge in [-0.2, -0.15) is 0 Å². The van der Waals surface area contributed by atoms with Crippen LogP contribution in [0.2, 0.25) is 0 Å². The molecule has 6 heteroatoms. The number of fused-ring (bicyclic) bond motifs is 1. The van der Waals surface area contributed by atoms with Gasteiger partial charge in [0.25, 0.3) is 0 Å². The maximum atomic E-state index is 11.3. The molecule has 0 atom stereocenters. The van der Waals surface area contributed by atoms with Crippen molar-refractivity contribution < 1.29 is 14.7 Å². The summed E-state index contributed by atoms with van der Waals surface area (Å²) in [4.78, 5) is 27.5. The van der Waals surface area contributed by atoms with Crippen molar-refractivity contribution in [1.29, 1.82) is 0 Å². The minimum atomic E-state index is -1.07. The number of hydrogen-bond acceptors (Lipinski definition) is 3. The molecule has 3 aromatic rings. The predicted molar refractivity (Wildman–Crippen MR) is 123 cm³/mol. The lowest BCUT2D eigenvalue weighted by atomic mass is 9.90. The van der Waals surface area contributed by atoms with Crippen molar-refractivity contribution in [3.05, 3.63) is 64.8 Å². The van der Waals surface area contributed by atoms with Crippen LogP contribution in [0, 0.1) is 12.8 Å². The zero-order valence-corrected chi connectivity index (χ0v) is 18.2. The summed E-state index contributed by atoms with van der Waals surface area (Å²) in [7, 11) is 0. The van der Waals surface area contributed by atoms with Gasteiger partial charge in [-0.25, -0.2) is 4.79 Å². The van der Waals surface area contributed by atoms with E-state index in [-0.39, 0.29) is 18.9 Å². The van der Waals surface area contributed by atoms with Gasteiger partial charge >= 0.3 is 6.09 Å². The van der Waals surface area contributed by atoms with Crippen LogP contribution in [-0.2, 0) is 24.2 Å². The maximum Gasteiger partial charge on any atom is 0.404 e. The molecular formula is C25H29N3O3. The predicted octanol–water partition coefficient (Wildman–Crippen LogP) is 4.59. The molecule has 6 nitrogen and oxygen atoms in total. The molecule has 162 valence electrons. The lowest BCUT2D eigenvalue weighted by Gasteiger charge is -2.19. The Morgan fingerprint density at radius 1 is 1.13 bits per heavy atom. The van der Waals surface area contributed by atoms with Crippen LogP contribution in [0.1, 0.15) is 42.7 Å². The van der Waals surface area contributed by atoms with Gasteiger partial charge in [0.05, 0.1) is 5.52 Å². The average Bonchev–Trinajstić information content (AvgIpc) is 2.70. The van der Waals surface area contributed by atoms with Crippen LogP contribution in [0.4, 0.5) is 4.79 Å².